The Morgan fingerprint density at radius 3 is 2.59 bits per heavy atom. The molecule has 0 bridgehead atoms. The molecular weight excluding hydrogens is 274 g/mol. The summed E-state index contributed by atoms with van der Waals surface area (Å²) in [5.74, 6) is 1.00. The third kappa shape index (κ3) is 2.94. The average molecular weight is 297 g/mol. The highest BCUT2D eigenvalue weighted by atomic mass is 16.5. The second-order valence-electron chi connectivity index (χ2n) is 6.02. The number of nitrogens with zero attached hydrogens (tertiary/aromatic N) is 1. The van der Waals surface area contributed by atoms with Crippen LogP contribution in [0.15, 0.2) is 47.2 Å². The molecule has 116 valence electrons. The molecule has 1 aliphatic heterocycles. The number of carbonyl (C=O) groups excluding carboxylic acids is 1. The normalized spacial score (nSPS) is 17.9. The van der Waals surface area contributed by atoms with Gasteiger partial charge in [-0.25, -0.2) is 0 Å². The van der Waals surface area contributed by atoms with Gasteiger partial charge in [-0.2, -0.15) is 0 Å². The van der Waals surface area contributed by atoms with E-state index in [1.54, 1.807) is 14.0 Å². The summed E-state index contributed by atoms with van der Waals surface area (Å²) < 4.78 is 5.22. The number of ether oxygens (including phenoxy) is 1. The average Bonchev–Trinajstić information content (AvgIpc) is 2.55. The lowest BCUT2D eigenvalue weighted by molar-refractivity contribution is -0.126. The van der Waals surface area contributed by atoms with E-state index in [1.807, 2.05) is 17.0 Å². The first-order chi connectivity index (χ1) is 10.7. The number of allylic oxidation sites excluding steroid dienone is 3. The highest BCUT2D eigenvalue weighted by molar-refractivity contribution is 5.76. The fraction of sp³-hybridized carbons (Fsp3) is 0.421. The largest absolute Gasteiger partial charge is 0.497 e. The van der Waals surface area contributed by atoms with E-state index in [-0.39, 0.29) is 5.91 Å². The molecule has 0 aromatic heterocycles. The van der Waals surface area contributed by atoms with Gasteiger partial charge in [-0.05, 0) is 54.5 Å². The molecule has 0 N–H and O–H groups in total. The van der Waals surface area contributed by atoms with E-state index in [0.29, 0.717) is 0 Å². The summed E-state index contributed by atoms with van der Waals surface area (Å²) in [4.78, 5) is 14.0. The summed E-state index contributed by atoms with van der Waals surface area (Å²) in [6.07, 6.45) is 7.81. The summed E-state index contributed by atoms with van der Waals surface area (Å²) in [5, 5.41) is 0. The van der Waals surface area contributed by atoms with Crippen LogP contribution in [-0.2, 0) is 11.2 Å². The Bertz CT molecular complexity index is 625. The number of methoxy groups -OCH3 is 1. The van der Waals surface area contributed by atoms with Crippen molar-refractivity contribution in [1.82, 2.24) is 4.90 Å². The molecule has 1 aliphatic carbocycles. The van der Waals surface area contributed by atoms with Gasteiger partial charge in [0, 0.05) is 25.6 Å². The topological polar surface area (TPSA) is 29.5 Å². The molecule has 1 fully saturated rings. The van der Waals surface area contributed by atoms with Crippen molar-refractivity contribution in [3.05, 3.63) is 52.7 Å². The lowest BCUT2D eigenvalue weighted by atomic mass is 9.84. The lowest BCUT2D eigenvalue weighted by Gasteiger charge is -2.34. The number of fused-ring (bicyclic) bond motifs is 1. The van der Waals surface area contributed by atoms with Crippen LogP contribution in [0.4, 0.5) is 0 Å². The van der Waals surface area contributed by atoms with Crippen molar-refractivity contribution < 1.29 is 9.53 Å². The lowest BCUT2D eigenvalue weighted by Crippen LogP contribution is -2.33. The molecular formula is C19H23NO2. The predicted molar refractivity (Wildman–Crippen MR) is 87.7 cm³/mol. The molecule has 1 aromatic carbocycles. The Morgan fingerprint density at radius 1 is 1.18 bits per heavy atom. The van der Waals surface area contributed by atoms with Crippen LogP contribution in [0.3, 0.4) is 0 Å². The third-order valence-corrected chi connectivity index (χ3v) is 4.62. The Balaban J connectivity index is 1.92. The molecule has 3 heteroatoms. The van der Waals surface area contributed by atoms with E-state index in [9.17, 15) is 4.79 Å². The second kappa shape index (κ2) is 6.39. The van der Waals surface area contributed by atoms with E-state index in [1.165, 1.54) is 35.2 Å². The van der Waals surface area contributed by atoms with Gasteiger partial charge in [0.2, 0.25) is 5.91 Å². The standard InChI is InChI=1S/C19H23NO2/c1-14(21)20-12-11-16-5-3-4-6-18(16)19(20)13-15-7-9-17(22-2)10-8-15/h7-11H,3-6,12-13H2,1-2H3. The second-order valence-corrected chi connectivity index (χ2v) is 6.02. The van der Waals surface area contributed by atoms with Crippen LogP contribution >= 0.6 is 0 Å². The van der Waals surface area contributed by atoms with Crippen molar-refractivity contribution in [3.8, 4) is 5.75 Å². The zero-order chi connectivity index (χ0) is 15.5. The van der Waals surface area contributed by atoms with Gasteiger partial charge in [0.1, 0.15) is 5.75 Å². The zero-order valence-corrected chi connectivity index (χ0v) is 13.4. The van der Waals surface area contributed by atoms with Crippen LogP contribution in [0.1, 0.15) is 38.2 Å². The quantitative estimate of drug-likeness (QED) is 0.848. The third-order valence-electron chi connectivity index (χ3n) is 4.62. The van der Waals surface area contributed by atoms with E-state index >= 15 is 0 Å². The van der Waals surface area contributed by atoms with Gasteiger partial charge in [-0.1, -0.05) is 18.2 Å². The molecule has 2 aliphatic rings. The maximum absolute atomic E-state index is 12.0. The van der Waals surface area contributed by atoms with Crippen molar-refractivity contribution in [2.75, 3.05) is 13.7 Å². The molecule has 1 saturated carbocycles. The van der Waals surface area contributed by atoms with Crippen LogP contribution in [-0.4, -0.2) is 24.5 Å². The zero-order valence-electron chi connectivity index (χ0n) is 13.4. The van der Waals surface area contributed by atoms with E-state index in [2.05, 4.69) is 18.2 Å². The molecule has 0 spiro atoms. The number of hydrogen-bond acceptors (Lipinski definition) is 2. The fourth-order valence-corrected chi connectivity index (χ4v) is 3.42. The first kappa shape index (κ1) is 14.9. The minimum absolute atomic E-state index is 0.136. The summed E-state index contributed by atoms with van der Waals surface area (Å²) in [5.41, 5.74) is 5.30. The van der Waals surface area contributed by atoms with Gasteiger partial charge >= 0.3 is 0 Å². The maximum atomic E-state index is 12.0. The first-order valence-electron chi connectivity index (χ1n) is 8.01. The van der Waals surface area contributed by atoms with Gasteiger partial charge in [-0.3, -0.25) is 4.79 Å². The number of hydrogen-bond donors (Lipinski definition) is 0. The van der Waals surface area contributed by atoms with Gasteiger partial charge < -0.3 is 9.64 Å². The highest BCUT2D eigenvalue weighted by Gasteiger charge is 2.25. The molecule has 22 heavy (non-hydrogen) atoms. The Kier molecular flexibility index (Phi) is 4.32. The molecule has 1 heterocycles. The Labute approximate surface area is 132 Å². The summed E-state index contributed by atoms with van der Waals surface area (Å²) in [6.45, 7) is 2.38. The van der Waals surface area contributed by atoms with Crippen molar-refractivity contribution in [2.24, 2.45) is 0 Å². The van der Waals surface area contributed by atoms with Crippen LogP contribution < -0.4 is 4.74 Å². The van der Waals surface area contributed by atoms with Gasteiger partial charge in [0.15, 0.2) is 0 Å². The fourth-order valence-electron chi connectivity index (χ4n) is 3.42. The highest BCUT2D eigenvalue weighted by Crippen LogP contribution is 2.36. The Hall–Kier alpha value is -2.03. The molecule has 0 radical (unpaired) electrons. The minimum atomic E-state index is 0.136. The van der Waals surface area contributed by atoms with Gasteiger partial charge in [0.25, 0.3) is 0 Å². The first-order valence-corrected chi connectivity index (χ1v) is 8.01. The summed E-state index contributed by atoms with van der Waals surface area (Å²) >= 11 is 0. The number of carbonyl (C=O) groups is 1. The SMILES string of the molecule is COc1ccc(CC2=C3CCCCC3=CCN2C(C)=O)cc1. The molecule has 0 atom stereocenters. The predicted octanol–water partition coefficient (Wildman–Crippen LogP) is 3.85. The van der Waals surface area contributed by atoms with Crippen LogP contribution in [0.5, 0.6) is 5.75 Å². The molecule has 3 nitrogen and oxygen atoms in total. The molecule has 1 aromatic rings. The molecule has 0 unspecified atom stereocenters. The molecule has 1 amide bonds. The Morgan fingerprint density at radius 2 is 1.91 bits per heavy atom. The van der Waals surface area contributed by atoms with Crippen molar-refractivity contribution >= 4 is 5.91 Å². The number of benzene rings is 1. The van der Waals surface area contributed by atoms with Crippen LogP contribution in [0, 0.1) is 0 Å². The van der Waals surface area contributed by atoms with Crippen molar-refractivity contribution in [3.63, 3.8) is 0 Å². The van der Waals surface area contributed by atoms with E-state index < -0.39 is 0 Å². The van der Waals surface area contributed by atoms with E-state index in [0.717, 1.165) is 31.6 Å². The number of amides is 1. The maximum Gasteiger partial charge on any atom is 0.223 e. The molecule has 0 saturated heterocycles. The van der Waals surface area contributed by atoms with Gasteiger partial charge in [0.05, 0.1) is 7.11 Å². The smallest absolute Gasteiger partial charge is 0.223 e. The van der Waals surface area contributed by atoms with Crippen LogP contribution in [0.2, 0.25) is 0 Å². The summed E-state index contributed by atoms with van der Waals surface area (Å²) in [6, 6.07) is 8.15. The van der Waals surface area contributed by atoms with Gasteiger partial charge in [-0.15, -0.1) is 0 Å². The molecule has 3 rings (SSSR count). The number of rotatable bonds is 3. The van der Waals surface area contributed by atoms with Crippen LogP contribution in [0.25, 0.3) is 0 Å². The van der Waals surface area contributed by atoms with Crippen molar-refractivity contribution in [1.29, 1.82) is 0 Å². The summed E-state index contributed by atoms with van der Waals surface area (Å²) in [7, 11) is 1.68. The minimum Gasteiger partial charge on any atom is -0.497 e. The monoisotopic (exact) mass is 297 g/mol. The van der Waals surface area contributed by atoms with Crippen molar-refractivity contribution in [2.45, 2.75) is 39.0 Å². The van der Waals surface area contributed by atoms with E-state index in [4.69, 9.17) is 4.74 Å².